The standard InChI is InChI=1S/C21H18N4O2/c1-27-19-9-15(12-26)7-8-16(19)18-10-17-20(23-13-24-21(17)25-18)22-11-14-5-3-2-4-6-14/h2-10,12-13H,11H2,1H3,(H2,22,23,24,25). The van der Waals surface area contributed by atoms with Crippen LogP contribution in [0.2, 0.25) is 0 Å². The number of carbonyl (C=O) groups excluding carboxylic acids is 1. The van der Waals surface area contributed by atoms with Gasteiger partial charge >= 0.3 is 0 Å². The predicted molar refractivity (Wildman–Crippen MR) is 105 cm³/mol. The summed E-state index contributed by atoms with van der Waals surface area (Å²) in [5.41, 5.74) is 4.18. The second kappa shape index (κ2) is 7.29. The summed E-state index contributed by atoms with van der Waals surface area (Å²) in [5.74, 6) is 1.38. The number of carbonyl (C=O) groups is 1. The van der Waals surface area contributed by atoms with Crippen molar-refractivity contribution >= 4 is 23.1 Å². The van der Waals surface area contributed by atoms with Crippen molar-refractivity contribution in [3.05, 3.63) is 72.1 Å². The van der Waals surface area contributed by atoms with E-state index in [1.54, 1.807) is 19.2 Å². The molecule has 4 rings (SSSR count). The minimum Gasteiger partial charge on any atom is -0.496 e. The smallest absolute Gasteiger partial charge is 0.150 e. The minimum atomic E-state index is 0.566. The molecule has 2 heterocycles. The van der Waals surface area contributed by atoms with Crippen molar-refractivity contribution in [3.63, 3.8) is 0 Å². The fourth-order valence-electron chi connectivity index (χ4n) is 3.01. The number of H-pyrrole nitrogens is 1. The molecule has 0 aliphatic rings. The Balaban J connectivity index is 1.70. The van der Waals surface area contributed by atoms with Crippen molar-refractivity contribution < 1.29 is 9.53 Å². The van der Waals surface area contributed by atoms with Gasteiger partial charge in [-0.05, 0) is 23.8 Å². The number of nitrogens with one attached hydrogen (secondary N) is 2. The summed E-state index contributed by atoms with van der Waals surface area (Å²) in [4.78, 5) is 23.0. The number of fused-ring (bicyclic) bond motifs is 1. The van der Waals surface area contributed by atoms with E-state index in [-0.39, 0.29) is 0 Å². The molecule has 2 aromatic carbocycles. The number of hydrogen-bond donors (Lipinski definition) is 2. The average Bonchev–Trinajstić information content (AvgIpc) is 3.17. The Bertz CT molecular complexity index is 1090. The normalized spacial score (nSPS) is 10.7. The molecule has 0 saturated carbocycles. The number of benzene rings is 2. The number of hydrogen-bond acceptors (Lipinski definition) is 5. The van der Waals surface area contributed by atoms with E-state index in [9.17, 15) is 4.79 Å². The number of ether oxygens (including phenoxy) is 1. The Morgan fingerprint density at radius 1 is 1.11 bits per heavy atom. The molecule has 0 unspecified atom stereocenters. The lowest BCUT2D eigenvalue weighted by atomic mass is 10.1. The Labute approximate surface area is 156 Å². The summed E-state index contributed by atoms with van der Waals surface area (Å²) in [7, 11) is 1.59. The summed E-state index contributed by atoms with van der Waals surface area (Å²) >= 11 is 0. The van der Waals surface area contributed by atoms with Crippen LogP contribution in [0, 0.1) is 0 Å². The van der Waals surface area contributed by atoms with Gasteiger partial charge in [0.2, 0.25) is 0 Å². The maximum atomic E-state index is 11.0. The fraction of sp³-hybridized carbons (Fsp3) is 0.0952. The Morgan fingerprint density at radius 3 is 2.74 bits per heavy atom. The van der Waals surface area contributed by atoms with Gasteiger partial charge in [0.05, 0.1) is 18.2 Å². The van der Waals surface area contributed by atoms with Gasteiger partial charge in [0.15, 0.2) is 0 Å². The first-order valence-corrected chi connectivity index (χ1v) is 8.53. The van der Waals surface area contributed by atoms with Gasteiger partial charge in [-0.1, -0.05) is 36.4 Å². The third-order valence-electron chi connectivity index (χ3n) is 4.38. The van der Waals surface area contributed by atoms with Crippen molar-refractivity contribution in [1.82, 2.24) is 15.0 Å². The van der Waals surface area contributed by atoms with Crippen molar-refractivity contribution in [3.8, 4) is 17.0 Å². The second-order valence-corrected chi connectivity index (χ2v) is 6.08. The maximum Gasteiger partial charge on any atom is 0.150 e. The molecule has 0 radical (unpaired) electrons. The van der Waals surface area contributed by atoms with Crippen molar-refractivity contribution in [2.24, 2.45) is 0 Å². The van der Waals surface area contributed by atoms with Crippen LogP contribution in [-0.4, -0.2) is 28.3 Å². The minimum absolute atomic E-state index is 0.566. The van der Waals surface area contributed by atoms with E-state index < -0.39 is 0 Å². The highest BCUT2D eigenvalue weighted by Gasteiger charge is 2.13. The molecule has 0 bridgehead atoms. The lowest BCUT2D eigenvalue weighted by molar-refractivity contribution is 0.112. The van der Waals surface area contributed by atoms with Crippen molar-refractivity contribution in [2.75, 3.05) is 12.4 Å². The Morgan fingerprint density at radius 2 is 1.96 bits per heavy atom. The third-order valence-corrected chi connectivity index (χ3v) is 4.38. The number of rotatable bonds is 6. The number of methoxy groups -OCH3 is 1. The number of aldehydes is 1. The topological polar surface area (TPSA) is 79.9 Å². The quantitative estimate of drug-likeness (QED) is 0.508. The number of anilines is 1. The van der Waals surface area contributed by atoms with Gasteiger partial charge in [0, 0.05) is 17.7 Å². The van der Waals surface area contributed by atoms with Crippen LogP contribution in [0.3, 0.4) is 0 Å². The first-order valence-electron chi connectivity index (χ1n) is 8.53. The average molecular weight is 358 g/mol. The number of aromatic amines is 1. The van der Waals surface area contributed by atoms with E-state index in [4.69, 9.17) is 4.74 Å². The SMILES string of the molecule is COc1cc(C=O)ccc1-c1cc2c(NCc3ccccc3)ncnc2[nH]1. The van der Waals surface area contributed by atoms with Gasteiger partial charge in [0.25, 0.3) is 0 Å². The molecule has 27 heavy (non-hydrogen) atoms. The zero-order chi connectivity index (χ0) is 18.6. The van der Waals surface area contributed by atoms with E-state index in [0.29, 0.717) is 17.9 Å². The zero-order valence-corrected chi connectivity index (χ0v) is 14.8. The monoisotopic (exact) mass is 358 g/mol. The number of nitrogens with zero attached hydrogens (tertiary/aromatic N) is 2. The van der Waals surface area contributed by atoms with E-state index in [1.807, 2.05) is 30.3 Å². The van der Waals surface area contributed by atoms with Gasteiger partial charge in [-0.15, -0.1) is 0 Å². The Kier molecular flexibility index (Phi) is 4.53. The summed E-state index contributed by atoms with van der Waals surface area (Å²) in [6.07, 6.45) is 2.33. The first-order chi connectivity index (χ1) is 13.3. The molecule has 0 saturated heterocycles. The summed E-state index contributed by atoms with van der Waals surface area (Å²) in [6, 6.07) is 17.5. The molecule has 4 aromatic rings. The van der Waals surface area contributed by atoms with Gasteiger partial charge < -0.3 is 15.0 Å². The summed E-state index contributed by atoms with van der Waals surface area (Å²) in [6.45, 7) is 0.671. The van der Waals surface area contributed by atoms with Crippen molar-refractivity contribution in [1.29, 1.82) is 0 Å². The van der Waals surface area contributed by atoms with Crippen LogP contribution in [0.25, 0.3) is 22.3 Å². The number of aromatic nitrogens is 3. The first kappa shape index (κ1) is 16.8. The van der Waals surface area contributed by atoms with E-state index in [0.717, 1.165) is 34.4 Å². The van der Waals surface area contributed by atoms with E-state index >= 15 is 0 Å². The molecule has 0 aliphatic carbocycles. The third kappa shape index (κ3) is 3.37. The van der Waals surface area contributed by atoms with Crippen LogP contribution in [0.15, 0.2) is 60.9 Å². The van der Waals surface area contributed by atoms with Crippen LogP contribution in [-0.2, 0) is 6.54 Å². The molecule has 134 valence electrons. The van der Waals surface area contributed by atoms with Crippen LogP contribution >= 0.6 is 0 Å². The summed E-state index contributed by atoms with van der Waals surface area (Å²) < 4.78 is 5.44. The van der Waals surface area contributed by atoms with Crippen LogP contribution < -0.4 is 10.1 Å². The fourth-order valence-corrected chi connectivity index (χ4v) is 3.01. The van der Waals surface area contributed by atoms with Gasteiger partial charge in [0.1, 0.15) is 29.8 Å². The molecular formula is C21H18N4O2. The van der Waals surface area contributed by atoms with Gasteiger partial charge in [-0.2, -0.15) is 0 Å². The maximum absolute atomic E-state index is 11.0. The lowest BCUT2D eigenvalue weighted by Gasteiger charge is -2.07. The second-order valence-electron chi connectivity index (χ2n) is 6.08. The highest BCUT2D eigenvalue weighted by Crippen LogP contribution is 2.33. The molecular weight excluding hydrogens is 340 g/mol. The molecule has 0 atom stereocenters. The predicted octanol–water partition coefficient (Wildman–Crippen LogP) is 4.06. The van der Waals surface area contributed by atoms with E-state index in [2.05, 4.69) is 32.4 Å². The highest BCUT2D eigenvalue weighted by molar-refractivity contribution is 5.92. The van der Waals surface area contributed by atoms with E-state index in [1.165, 1.54) is 11.9 Å². The molecule has 6 heteroatoms. The molecule has 0 aliphatic heterocycles. The van der Waals surface area contributed by atoms with Crippen molar-refractivity contribution in [2.45, 2.75) is 6.54 Å². The molecule has 0 fully saturated rings. The molecule has 2 aromatic heterocycles. The van der Waals surface area contributed by atoms with Gasteiger partial charge in [-0.3, -0.25) is 4.79 Å². The Hall–Kier alpha value is -3.67. The van der Waals surface area contributed by atoms with Crippen LogP contribution in [0.5, 0.6) is 5.75 Å². The van der Waals surface area contributed by atoms with Crippen LogP contribution in [0.4, 0.5) is 5.82 Å². The lowest BCUT2D eigenvalue weighted by Crippen LogP contribution is -2.01. The largest absolute Gasteiger partial charge is 0.496 e. The molecule has 0 amide bonds. The molecule has 6 nitrogen and oxygen atoms in total. The molecule has 2 N–H and O–H groups in total. The van der Waals surface area contributed by atoms with Gasteiger partial charge in [-0.25, -0.2) is 9.97 Å². The summed E-state index contributed by atoms with van der Waals surface area (Å²) in [5, 5.41) is 4.26. The zero-order valence-electron chi connectivity index (χ0n) is 14.8. The highest BCUT2D eigenvalue weighted by atomic mass is 16.5. The van der Waals surface area contributed by atoms with Crippen LogP contribution in [0.1, 0.15) is 15.9 Å². The molecule has 0 spiro atoms.